The zero-order valence-corrected chi connectivity index (χ0v) is 19.3. The first kappa shape index (κ1) is 25.0. The molecule has 2 amide bonds. The van der Waals surface area contributed by atoms with Crippen molar-refractivity contribution in [3.8, 4) is 17.2 Å². The number of carbonyl (C=O) groups excluding carboxylic acids is 2. The van der Waals surface area contributed by atoms with Crippen LogP contribution in [0.4, 0.5) is 13.2 Å². The van der Waals surface area contributed by atoms with Crippen LogP contribution in [0.25, 0.3) is 0 Å². The second-order valence-electron chi connectivity index (χ2n) is 8.58. The van der Waals surface area contributed by atoms with E-state index < -0.39 is 12.4 Å². The van der Waals surface area contributed by atoms with Gasteiger partial charge >= 0.3 is 6.61 Å². The summed E-state index contributed by atoms with van der Waals surface area (Å²) in [6.45, 7) is -3.41. The molecular formula is C24H24ClF3N2O5. The number of halogens is 4. The van der Waals surface area contributed by atoms with Gasteiger partial charge in [-0.3, -0.25) is 9.59 Å². The highest BCUT2D eigenvalue weighted by Crippen LogP contribution is 2.45. The van der Waals surface area contributed by atoms with Crippen molar-refractivity contribution in [2.24, 2.45) is 11.8 Å². The number of carbonyl (C=O) groups is 2. The molecule has 188 valence electrons. The Balaban J connectivity index is 1.20. The van der Waals surface area contributed by atoms with Crippen molar-refractivity contribution < 1.29 is 37.0 Å². The number of fused-ring (bicyclic) bond motifs is 2. The van der Waals surface area contributed by atoms with Crippen LogP contribution in [-0.2, 0) is 9.59 Å². The Labute approximate surface area is 204 Å². The molecular weight excluding hydrogens is 489 g/mol. The first-order valence-electron chi connectivity index (χ1n) is 11.1. The van der Waals surface area contributed by atoms with Gasteiger partial charge in [0.2, 0.25) is 0 Å². The second kappa shape index (κ2) is 11.1. The summed E-state index contributed by atoms with van der Waals surface area (Å²) in [5.74, 6) is -0.0353. The van der Waals surface area contributed by atoms with Crippen LogP contribution in [0.5, 0.6) is 17.2 Å². The Hall–Kier alpha value is -3.14. The molecule has 2 aromatic rings. The number of alkyl halides is 2. The van der Waals surface area contributed by atoms with Crippen molar-refractivity contribution in [2.45, 2.75) is 38.0 Å². The van der Waals surface area contributed by atoms with E-state index in [9.17, 15) is 22.8 Å². The fraction of sp³-hybridized carbons (Fsp3) is 0.417. The summed E-state index contributed by atoms with van der Waals surface area (Å²) in [6.07, 6.45) is 2.37. The highest BCUT2D eigenvalue weighted by Gasteiger charge is 2.46. The molecule has 2 unspecified atom stereocenters. The first-order chi connectivity index (χ1) is 16.8. The normalized spacial score (nSPS) is 22.7. The number of benzene rings is 2. The fourth-order valence-electron chi connectivity index (χ4n) is 4.46. The topological polar surface area (TPSA) is 85.9 Å². The van der Waals surface area contributed by atoms with Crippen LogP contribution in [0.1, 0.15) is 19.3 Å². The van der Waals surface area contributed by atoms with Crippen molar-refractivity contribution in [1.29, 1.82) is 0 Å². The number of amides is 2. The van der Waals surface area contributed by atoms with Gasteiger partial charge in [-0.15, -0.1) is 0 Å². The molecule has 0 radical (unpaired) electrons. The molecule has 0 heterocycles. The molecule has 2 atom stereocenters. The smallest absolute Gasteiger partial charge is 0.387 e. The lowest BCUT2D eigenvalue weighted by Crippen LogP contribution is -2.60. The molecule has 0 spiro atoms. The van der Waals surface area contributed by atoms with E-state index in [2.05, 4.69) is 15.4 Å². The Morgan fingerprint density at radius 3 is 1.91 bits per heavy atom. The minimum atomic E-state index is -2.91. The summed E-state index contributed by atoms with van der Waals surface area (Å²) >= 11 is 5.64. The van der Waals surface area contributed by atoms with Gasteiger partial charge in [0, 0.05) is 18.2 Å². The molecule has 11 heteroatoms. The lowest BCUT2D eigenvalue weighted by atomic mass is 9.60. The Kier molecular flexibility index (Phi) is 7.90. The quantitative estimate of drug-likeness (QED) is 0.504. The molecule has 0 saturated heterocycles. The minimum absolute atomic E-state index is 0.00244. The summed E-state index contributed by atoms with van der Waals surface area (Å²) in [5, 5.41) is 5.89. The third kappa shape index (κ3) is 6.72. The molecule has 35 heavy (non-hydrogen) atoms. The zero-order valence-electron chi connectivity index (χ0n) is 18.5. The van der Waals surface area contributed by atoms with Crippen molar-refractivity contribution in [3.05, 3.63) is 53.3 Å². The maximum atomic E-state index is 13.5. The SMILES string of the molecule is O=C(COc1ccc(OC(F)F)cc1)NC1CC(NC(=O)COc2ccc(Cl)c(F)c2)C2CC1C2. The van der Waals surface area contributed by atoms with Gasteiger partial charge in [0.25, 0.3) is 11.8 Å². The van der Waals surface area contributed by atoms with E-state index in [1.54, 1.807) is 0 Å². The largest absolute Gasteiger partial charge is 0.484 e. The highest BCUT2D eigenvalue weighted by molar-refractivity contribution is 6.30. The maximum Gasteiger partial charge on any atom is 0.387 e. The van der Waals surface area contributed by atoms with E-state index in [0.29, 0.717) is 24.0 Å². The van der Waals surface area contributed by atoms with E-state index in [0.717, 1.165) is 18.9 Å². The third-order valence-electron chi connectivity index (χ3n) is 6.23. The van der Waals surface area contributed by atoms with Crippen LogP contribution >= 0.6 is 11.6 Å². The molecule has 5 rings (SSSR count). The number of rotatable bonds is 10. The van der Waals surface area contributed by atoms with E-state index in [1.807, 2.05) is 0 Å². The number of nitrogens with one attached hydrogen (secondary N) is 2. The number of ether oxygens (including phenoxy) is 3. The summed E-state index contributed by atoms with van der Waals surface area (Å²) < 4.78 is 53.0. The molecule has 7 nitrogen and oxygen atoms in total. The van der Waals surface area contributed by atoms with Crippen LogP contribution in [0.3, 0.4) is 0 Å². The first-order valence-corrected chi connectivity index (χ1v) is 11.5. The highest BCUT2D eigenvalue weighted by atomic mass is 35.5. The summed E-state index contributed by atoms with van der Waals surface area (Å²) in [5.41, 5.74) is 0. The van der Waals surface area contributed by atoms with Gasteiger partial charge < -0.3 is 24.8 Å². The van der Waals surface area contributed by atoms with Crippen LogP contribution in [0, 0.1) is 17.7 Å². The van der Waals surface area contributed by atoms with Gasteiger partial charge in [-0.25, -0.2) is 4.39 Å². The third-order valence-corrected chi connectivity index (χ3v) is 6.54. The predicted octanol–water partition coefficient (Wildman–Crippen LogP) is 3.94. The van der Waals surface area contributed by atoms with E-state index in [-0.39, 0.29) is 53.6 Å². The maximum absolute atomic E-state index is 13.5. The van der Waals surface area contributed by atoms with Gasteiger partial charge in [0.15, 0.2) is 13.2 Å². The van der Waals surface area contributed by atoms with Crippen molar-refractivity contribution in [3.63, 3.8) is 0 Å². The van der Waals surface area contributed by atoms with Gasteiger partial charge in [-0.05, 0) is 67.5 Å². The van der Waals surface area contributed by atoms with E-state index in [1.165, 1.54) is 36.4 Å². The van der Waals surface area contributed by atoms with Crippen LogP contribution in [0.15, 0.2) is 42.5 Å². The van der Waals surface area contributed by atoms with Crippen molar-refractivity contribution in [2.75, 3.05) is 13.2 Å². The molecule has 3 fully saturated rings. The van der Waals surface area contributed by atoms with Crippen molar-refractivity contribution in [1.82, 2.24) is 10.6 Å². The second-order valence-corrected chi connectivity index (χ2v) is 8.99. The average molecular weight is 513 g/mol. The van der Waals surface area contributed by atoms with E-state index in [4.69, 9.17) is 21.1 Å². The lowest BCUT2D eigenvalue weighted by molar-refractivity contribution is -0.127. The van der Waals surface area contributed by atoms with Gasteiger partial charge in [0.05, 0.1) is 5.02 Å². The average Bonchev–Trinajstić information content (AvgIpc) is 2.78. The monoisotopic (exact) mass is 512 g/mol. The molecule has 0 aromatic heterocycles. The van der Waals surface area contributed by atoms with Gasteiger partial charge in [-0.2, -0.15) is 8.78 Å². The zero-order chi connectivity index (χ0) is 24.9. The van der Waals surface area contributed by atoms with Gasteiger partial charge in [-0.1, -0.05) is 11.6 Å². The molecule has 2 aromatic carbocycles. The standard InChI is InChI=1S/C24H24ClF3N2O5/c25-18-6-5-17(9-19(18)26)34-12-23(32)30-21-10-20(13-7-14(21)8-13)29-22(31)11-33-15-1-3-16(4-2-15)35-24(27)28/h1-6,9,13-14,20-21,24H,7-8,10-12H2,(H,29,31)(H,30,32). The molecule has 0 aliphatic heterocycles. The van der Waals surface area contributed by atoms with E-state index >= 15 is 0 Å². The molecule has 2 N–H and O–H groups in total. The summed E-state index contributed by atoms with van der Waals surface area (Å²) in [7, 11) is 0. The molecule has 3 saturated carbocycles. The Morgan fingerprint density at radius 2 is 1.37 bits per heavy atom. The minimum Gasteiger partial charge on any atom is -0.484 e. The number of hydrogen-bond donors (Lipinski definition) is 2. The Bertz CT molecular complexity index is 1050. The van der Waals surface area contributed by atoms with Crippen LogP contribution in [0.2, 0.25) is 5.02 Å². The Morgan fingerprint density at radius 1 is 0.857 bits per heavy atom. The van der Waals surface area contributed by atoms with Crippen molar-refractivity contribution >= 4 is 23.4 Å². The fourth-order valence-corrected chi connectivity index (χ4v) is 4.57. The summed E-state index contributed by atoms with van der Waals surface area (Å²) in [6, 6.07) is 9.28. The summed E-state index contributed by atoms with van der Waals surface area (Å²) in [4.78, 5) is 24.7. The lowest BCUT2D eigenvalue weighted by Gasteiger charge is -2.51. The number of hydrogen-bond acceptors (Lipinski definition) is 5. The molecule has 3 aliphatic rings. The molecule has 3 aliphatic carbocycles. The predicted molar refractivity (Wildman–Crippen MR) is 120 cm³/mol. The van der Waals surface area contributed by atoms with Crippen LogP contribution in [-0.4, -0.2) is 43.7 Å². The van der Waals surface area contributed by atoms with Gasteiger partial charge in [0.1, 0.15) is 23.1 Å². The van der Waals surface area contributed by atoms with Crippen LogP contribution < -0.4 is 24.8 Å². The molecule has 2 bridgehead atoms.